The molecule has 0 atom stereocenters. The van der Waals surface area contributed by atoms with Crippen molar-refractivity contribution in [3.8, 4) is 5.75 Å². The van der Waals surface area contributed by atoms with Crippen molar-refractivity contribution < 1.29 is 14.4 Å². The Balaban J connectivity index is 1.75. The van der Waals surface area contributed by atoms with Crippen molar-refractivity contribution in [2.45, 2.75) is 12.8 Å². The molecule has 0 radical (unpaired) electrons. The number of hydrogen-bond acceptors (Lipinski definition) is 5. The summed E-state index contributed by atoms with van der Waals surface area (Å²) in [7, 11) is 0. The Morgan fingerprint density at radius 1 is 1.44 bits per heavy atom. The van der Waals surface area contributed by atoms with Gasteiger partial charge in [0.2, 0.25) is 11.8 Å². The molecule has 6 nitrogen and oxygen atoms in total. The van der Waals surface area contributed by atoms with Crippen LogP contribution < -0.4 is 5.32 Å². The highest BCUT2D eigenvalue weighted by Gasteiger charge is 2.05. The smallest absolute Gasteiger partial charge is 0.228 e. The Bertz CT molecular complexity index is 511. The fraction of sp³-hybridized carbons (Fsp3) is 0.250. The van der Waals surface area contributed by atoms with Crippen LogP contribution in [0.15, 0.2) is 35.1 Å². The van der Waals surface area contributed by atoms with E-state index in [1.807, 2.05) is 0 Å². The first-order valence-electron chi connectivity index (χ1n) is 5.54. The summed E-state index contributed by atoms with van der Waals surface area (Å²) in [4.78, 5) is 15.4. The van der Waals surface area contributed by atoms with Crippen molar-refractivity contribution in [1.29, 1.82) is 0 Å². The molecular weight excluding hydrogens is 234 g/mol. The topological polar surface area (TPSA) is 88.2 Å². The first kappa shape index (κ1) is 12.1. The van der Waals surface area contributed by atoms with E-state index in [1.165, 1.54) is 6.33 Å². The summed E-state index contributed by atoms with van der Waals surface area (Å²) >= 11 is 0. The van der Waals surface area contributed by atoms with Gasteiger partial charge in [-0.2, -0.15) is 4.98 Å². The number of benzene rings is 1. The average Bonchev–Trinajstić information content (AvgIpc) is 2.82. The quantitative estimate of drug-likeness (QED) is 0.811. The Labute approximate surface area is 104 Å². The number of nitrogens with zero attached hydrogens (tertiary/aromatic N) is 2. The summed E-state index contributed by atoms with van der Waals surface area (Å²) < 4.78 is 4.80. The highest BCUT2D eigenvalue weighted by molar-refractivity contribution is 5.78. The van der Waals surface area contributed by atoms with Crippen molar-refractivity contribution >= 4 is 5.91 Å². The van der Waals surface area contributed by atoms with Gasteiger partial charge in [-0.1, -0.05) is 17.3 Å². The van der Waals surface area contributed by atoms with Crippen LogP contribution in [0.3, 0.4) is 0 Å². The normalized spacial score (nSPS) is 10.2. The summed E-state index contributed by atoms with van der Waals surface area (Å²) in [6.07, 6.45) is 2.06. The van der Waals surface area contributed by atoms with Gasteiger partial charge >= 0.3 is 0 Å². The molecule has 2 rings (SSSR count). The number of nitrogens with one attached hydrogen (secondary N) is 1. The van der Waals surface area contributed by atoms with Crippen molar-refractivity contribution in [2.75, 3.05) is 6.54 Å². The van der Waals surface area contributed by atoms with Crippen LogP contribution in [-0.2, 0) is 17.6 Å². The third kappa shape index (κ3) is 3.58. The van der Waals surface area contributed by atoms with Gasteiger partial charge in [-0.25, -0.2) is 0 Å². The van der Waals surface area contributed by atoms with Gasteiger partial charge in [-0.15, -0.1) is 0 Å². The van der Waals surface area contributed by atoms with Gasteiger partial charge in [-0.05, 0) is 17.7 Å². The van der Waals surface area contributed by atoms with Gasteiger partial charge in [0.1, 0.15) is 5.75 Å². The van der Waals surface area contributed by atoms with Crippen LogP contribution >= 0.6 is 0 Å². The van der Waals surface area contributed by atoms with Gasteiger partial charge in [0.25, 0.3) is 0 Å². The fourth-order valence-electron chi connectivity index (χ4n) is 1.53. The molecule has 0 aliphatic rings. The first-order valence-corrected chi connectivity index (χ1v) is 5.54. The zero-order valence-corrected chi connectivity index (χ0v) is 9.67. The fourth-order valence-corrected chi connectivity index (χ4v) is 1.53. The number of carbonyl (C=O) groups is 1. The SMILES string of the molecule is O=C(Cc1cccc(O)c1)NCCc1ncno1. The molecular formula is C12H13N3O3. The Hall–Kier alpha value is -2.37. The van der Waals surface area contributed by atoms with E-state index in [1.54, 1.807) is 24.3 Å². The molecule has 6 heteroatoms. The van der Waals surface area contributed by atoms with Gasteiger partial charge in [0.05, 0.1) is 6.42 Å². The molecule has 0 bridgehead atoms. The Morgan fingerprint density at radius 3 is 3.06 bits per heavy atom. The van der Waals surface area contributed by atoms with Gasteiger partial charge in [0.15, 0.2) is 6.33 Å². The van der Waals surface area contributed by atoms with Crippen LogP contribution in [0.4, 0.5) is 0 Å². The maximum atomic E-state index is 11.6. The molecule has 1 amide bonds. The highest BCUT2D eigenvalue weighted by Crippen LogP contribution is 2.11. The number of rotatable bonds is 5. The van der Waals surface area contributed by atoms with E-state index >= 15 is 0 Å². The standard InChI is InChI=1S/C12H13N3O3/c16-10-3-1-2-9(6-10)7-11(17)13-5-4-12-14-8-15-18-12/h1-3,6,8,16H,4-5,7H2,(H,13,17). The summed E-state index contributed by atoms with van der Waals surface area (Å²) in [6, 6.07) is 6.63. The molecule has 2 aromatic rings. The van der Waals surface area contributed by atoms with Crippen molar-refractivity contribution in [1.82, 2.24) is 15.5 Å². The van der Waals surface area contributed by atoms with Crippen LogP contribution in [0.2, 0.25) is 0 Å². The number of amides is 1. The first-order chi connectivity index (χ1) is 8.74. The third-order valence-corrected chi connectivity index (χ3v) is 2.34. The lowest BCUT2D eigenvalue weighted by molar-refractivity contribution is -0.120. The molecule has 2 N–H and O–H groups in total. The second-order valence-corrected chi connectivity index (χ2v) is 3.78. The lowest BCUT2D eigenvalue weighted by atomic mass is 10.1. The molecule has 1 heterocycles. The second kappa shape index (κ2) is 5.81. The zero-order chi connectivity index (χ0) is 12.8. The van der Waals surface area contributed by atoms with Crippen molar-refractivity contribution in [3.63, 3.8) is 0 Å². The molecule has 94 valence electrons. The lowest BCUT2D eigenvalue weighted by Crippen LogP contribution is -2.27. The predicted molar refractivity (Wildman–Crippen MR) is 62.8 cm³/mol. The van der Waals surface area contributed by atoms with Gasteiger partial charge in [0, 0.05) is 13.0 Å². The summed E-state index contributed by atoms with van der Waals surface area (Å²) in [5.74, 6) is 0.541. The molecule has 0 fully saturated rings. The Kier molecular flexibility index (Phi) is 3.90. The third-order valence-electron chi connectivity index (χ3n) is 2.34. The number of aromatic nitrogens is 2. The van der Waals surface area contributed by atoms with Crippen molar-refractivity contribution in [2.24, 2.45) is 0 Å². The zero-order valence-electron chi connectivity index (χ0n) is 9.67. The molecule has 0 spiro atoms. The minimum Gasteiger partial charge on any atom is -0.508 e. The van der Waals surface area contributed by atoms with Crippen LogP contribution in [-0.4, -0.2) is 27.7 Å². The van der Waals surface area contributed by atoms with E-state index in [0.717, 1.165) is 5.56 Å². The minimum absolute atomic E-state index is 0.111. The Morgan fingerprint density at radius 2 is 2.33 bits per heavy atom. The van der Waals surface area contributed by atoms with E-state index in [-0.39, 0.29) is 18.1 Å². The summed E-state index contributed by atoms with van der Waals surface area (Å²) in [6.45, 7) is 0.444. The molecule has 0 saturated carbocycles. The largest absolute Gasteiger partial charge is 0.508 e. The molecule has 1 aromatic carbocycles. The maximum Gasteiger partial charge on any atom is 0.228 e. The number of hydrogen-bond donors (Lipinski definition) is 2. The van der Waals surface area contributed by atoms with Crippen molar-refractivity contribution in [3.05, 3.63) is 42.0 Å². The number of carbonyl (C=O) groups excluding carboxylic acids is 1. The molecule has 0 unspecified atom stereocenters. The molecule has 0 aliphatic heterocycles. The second-order valence-electron chi connectivity index (χ2n) is 3.78. The average molecular weight is 247 g/mol. The molecule has 0 aliphatic carbocycles. The van der Waals surface area contributed by atoms with E-state index in [0.29, 0.717) is 18.9 Å². The maximum absolute atomic E-state index is 11.6. The van der Waals surface area contributed by atoms with Gasteiger partial charge < -0.3 is 14.9 Å². The lowest BCUT2D eigenvalue weighted by Gasteiger charge is -2.04. The summed E-state index contributed by atoms with van der Waals surface area (Å²) in [5, 5.41) is 15.5. The predicted octanol–water partition coefficient (Wildman–Crippen LogP) is 0.677. The van der Waals surface area contributed by atoms with E-state index in [2.05, 4.69) is 15.5 Å². The van der Waals surface area contributed by atoms with E-state index in [4.69, 9.17) is 4.52 Å². The van der Waals surface area contributed by atoms with Crippen LogP contribution in [0, 0.1) is 0 Å². The molecule has 0 saturated heterocycles. The number of phenolic OH excluding ortho intramolecular Hbond substituents is 1. The van der Waals surface area contributed by atoms with E-state index in [9.17, 15) is 9.90 Å². The van der Waals surface area contributed by atoms with Crippen LogP contribution in [0.25, 0.3) is 0 Å². The number of aromatic hydroxyl groups is 1. The summed E-state index contributed by atoms with van der Waals surface area (Å²) in [5.41, 5.74) is 0.769. The number of phenols is 1. The molecule has 18 heavy (non-hydrogen) atoms. The monoisotopic (exact) mass is 247 g/mol. The molecule has 1 aromatic heterocycles. The minimum atomic E-state index is -0.111. The highest BCUT2D eigenvalue weighted by atomic mass is 16.5. The van der Waals surface area contributed by atoms with Crippen LogP contribution in [0.1, 0.15) is 11.5 Å². The van der Waals surface area contributed by atoms with Crippen LogP contribution in [0.5, 0.6) is 5.75 Å². The van der Waals surface area contributed by atoms with E-state index < -0.39 is 0 Å². The van der Waals surface area contributed by atoms with Gasteiger partial charge in [-0.3, -0.25) is 4.79 Å².